The second kappa shape index (κ2) is 6.58. The number of carbonyl (C=O) groups is 1. The van der Waals surface area contributed by atoms with E-state index in [4.69, 9.17) is 11.6 Å². The Balaban J connectivity index is 1.78. The number of nitrogens with zero attached hydrogens (tertiary/aromatic N) is 3. The fraction of sp³-hybridized carbons (Fsp3) is 0.0667. The quantitative estimate of drug-likeness (QED) is 0.527. The smallest absolute Gasteiger partial charge is 0.283 e. The molecule has 0 saturated heterocycles. The molecule has 122 valence electrons. The van der Waals surface area contributed by atoms with Gasteiger partial charge in [-0.3, -0.25) is 14.9 Å². The fourth-order valence-corrected chi connectivity index (χ4v) is 2.74. The molecule has 2 aromatic heterocycles. The van der Waals surface area contributed by atoms with Gasteiger partial charge in [0.1, 0.15) is 11.2 Å². The van der Waals surface area contributed by atoms with Crippen LogP contribution in [-0.4, -0.2) is 20.2 Å². The van der Waals surface area contributed by atoms with E-state index < -0.39 is 10.8 Å². The molecule has 1 N–H and O–H groups in total. The first kappa shape index (κ1) is 16.4. The highest BCUT2D eigenvalue weighted by Gasteiger charge is 2.20. The van der Waals surface area contributed by atoms with Crippen molar-refractivity contribution in [2.24, 2.45) is 0 Å². The third-order valence-corrected chi connectivity index (χ3v) is 4.00. The number of pyridine rings is 1. The molecule has 1 amide bonds. The predicted molar refractivity (Wildman–Crippen MR) is 92.2 cm³/mol. The van der Waals surface area contributed by atoms with Gasteiger partial charge < -0.3 is 9.72 Å². The molecule has 0 spiro atoms. The van der Waals surface area contributed by atoms with Crippen molar-refractivity contribution in [2.75, 3.05) is 0 Å². The Kier molecular flexibility index (Phi) is 4.50. The van der Waals surface area contributed by atoms with Crippen molar-refractivity contribution in [3.63, 3.8) is 0 Å². The lowest BCUT2D eigenvalue weighted by Gasteiger charge is -2.04. The maximum absolute atomic E-state index is 12.2. The molecule has 0 aliphatic carbocycles. The molecule has 0 fully saturated rings. The van der Waals surface area contributed by atoms with Crippen molar-refractivity contribution in [1.29, 1.82) is 0 Å². The van der Waals surface area contributed by atoms with Crippen LogP contribution in [0.3, 0.4) is 0 Å². The van der Waals surface area contributed by atoms with E-state index in [1.807, 2.05) is 22.7 Å². The molecular formula is C15H10BrClN4O3. The van der Waals surface area contributed by atoms with Gasteiger partial charge in [-0.15, -0.1) is 0 Å². The summed E-state index contributed by atoms with van der Waals surface area (Å²) in [7, 11) is 0. The van der Waals surface area contributed by atoms with Crippen LogP contribution in [0, 0.1) is 10.1 Å². The van der Waals surface area contributed by atoms with Crippen LogP contribution in [0.4, 0.5) is 5.69 Å². The summed E-state index contributed by atoms with van der Waals surface area (Å²) < 4.78 is 2.72. The second-order valence-electron chi connectivity index (χ2n) is 4.95. The normalized spacial score (nSPS) is 10.8. The largest absolute Gasteiger partial charge is 0.346 e. The molecule has 0 saturated carbocycles. The van der Waals surface area contributed by atoms with Gasteiger partial charge in [-0.1, -0.05) is 11.6 Å². The van der Waals surface area contributed by atoms with Gasteiger partial charge in [0.25, 0.3) is 11.6 Å². The molecule has 24 heavy (non-hydrogen) atoms. The molecule has 0 unspecified atom stereocenters. The number of benzene rings is 1. The first-order chi connectivity index (χ1) is 11.4. The molecule has 0 atom stereocenters. The van der Waals surface area contributed by atoms with Crippen LogP contribution in [-0.2, 0) is 6.54 Å². The third kappa shape index (κ3) is 3.39. The molecule has 0 bridgehead atoms. The van der Waals surface area contributed by atoms with Crippen LogP contribution < -0.4 is 5.32 Å². The van der Waals surface area contributed by atoms with Crippen LogP contribution in [0.2, 0.25) is 5.02 Å². The topological polar surface area (TPSA) is 89.5 Å². The minimum atomic E-state index is -0.636. The lowest BCUT2D eigenvalue weighted by atomic mass is 10.1. The van der Waals surface area contributed by atoms with Gasteiger partial charge in [0.15, 0.2) is 0 Å². The highest BCUT2D eigenvalue weighted by molar-refractivity contribution is 9.10. The summed E-state index contributed by atoms with van der Waals surface area (Å²) in [5.41, 5.74) is 0.993. The maximum Gasteiger partial charge on any atom is 0.283 e. The van der Waals surface area contributed by atoms with Gasteiger partial charge in [0.05, 0.1) is 17.2 Å². The summed E-state index contributed by atoms with van der Waals surface area (Å²) in [6.07, 6.45) is 3.62. The van der Waals surface area contributed by atoms with Gasteiger partial charge in [-0.25, -0.2) is 4.98 Å². The SMILES string of the molecule is O=C(NCc1cn2cc(Br)ccc2n1)c1ccc(Cl)cc1[N+](=O)[O-]. The predicted octanol–water partition coefficient (Wildman–Crippen LogP) is 3.59. The number of aromatic nitrogens is 2. The zero-order valence-corrected chi connectivity index (χ0v) is 14.4. The molecule has 9 heteroatoms. The Morgan fingerprint density at radius 3 is 2.88 bits per heavy atom. The number of nitro groups is 1. The Morgan fingerprint density at radius 1 is 1.33 bits per heavy atom. The average Bonchev–Trinajstić information content (AvgIpc) is 2.94. The third-order valence-electron chi connectivity index (χ3n) is 3.30. The first-order valence-corrected chi connectivity index (χ1v) is 7.96. The van der Waals surface area contributed by atoms with Crippen molar-refractivity contribution in [2.45, 2.75) is 6.54 Å². The summed E-state index contributed by atoms with van der Waals surface area (Å²) in [6.45, 7) is 0.151. The minimum Gasteiger partial charge on any atom is -0.346 e. The van der Waals surface area contributed by atoms with Crippen LogP contribution >= 0.6 is 27.5 Å². The van der Waals surface area contributed by atoms with Crippen LogP contribution in [0.1, 0.15) is 16.1 Å². The zero-order chi connectivity index (χ0) is 17.3. The Morgan fingerprint density at radius 2 is 2.12 bits per heavy atom. The number of amides is 1. The number of hydrogen-bond acceptors (Lipinski definition) is 4. The van der Waals surface area contributed by atoms with Gasteiger partial charge in [-0.2, -0.15) is 0 Å². The van der Waals surface area contributed by atoms with E-state index in [0.29, 0.717) is 5.69 Å². The van der Waals surface area contributed by atoms with Crippen molar-refractivity contribution < 1.29 is 9.72 Å². The number of nitrogens with one attached hydrogen (secondary N) is 1. The number of halogens is 2. The minimum absolute atomic E-state index is 0.0455. The second-order valence-corrected chi connectivity index (χ2v) is 6.30. The Hall–Kier alpha value is -2.45. The highest BCUT2D eigenvalue weighted by Crippen LogP contribution is 2.23. The van der Waals surface area contributed by atoms with Gasteiger partial charge in [0, 0.05) is 28.0 Å². The standard InChI is InChI=1S/C15H10BrClN4O3/c16-9-1-4-14-19-11(8-20(14)7-9)6-18-15(22)12-3-2-10(17)5-13(12)21(23)24/h1-5,7-8H,6H2,(H,18,22). The van der Waals surface area contributed by atoms with Crippen LogP contribution in [0.25, 0.3) is 5.65 Å². The Bertz CT molecular complexity index is 957. The number of fused-ring (bicyclic) bond motifs is 1. The van der Waals surface area contributed by atoms with E-state index in [-0.39, 0.29) is 22.8 Å². The van der Waals surface area contributed by atoms with Crippen molar-refractivity contribution in [3.8, 4) is 0 Å². The summed E-state index contributed by atoms with van der Waals surface area (Å²) in [5.74, 6) is -0.559. The molecule has 1 aromatic carbocycles. The first-order valence-electron chi connectivity index (χ1n) is 6.79. The number of imidazole rings is 1. The van der Waals surface area contributed by atoms with E-state index in [0.717, 1.165) is 16.2 Å². The van der Waals surface area contributed by atoms with Crippen LogP contribution in [0.15, 0.2) is 47.2 Å². The number of rotatable bonds is 4. The maximum atomic E-state index is 12.2. The summed E-state index contributed by atoms with van der Waals surface area (Å²) in [5, 5.41) is 13.9. The Labute approximate surface area is 149 Å². The van der Waals surface area contributed by atoms with E-state index in [1.165, 1.54) is 12.1 Å². The van der Waals surface area contributed by atoms with Crippen molar-refractivity contribution in [3.05, 3.63) is 73.6 Å². The van der Waals surface area contributed by atoms with Gasteiger partial charge >= 0.3 is 0 Å². The summed E-state index contributed by atoms with van der Waals surface area (Å²) in [4.78, 5) is 27.0. The van der Waals surface area contributed by atoms with E-state index in [2.05, 4.69) is 26.2 Å². The van der Waals surface area contributed by atoms with Gasteiger partial charge in [-0.05, 0) is 40.2 Å². The van der Waals surface area contributed by atoms with E-state index >= 15 is 0 Å². The molecule has 0 radical (unpaired) electrons. The van der Waals surface area contributed by atoms with Crippen LogP contribution in [0.5, 0.6) is 0 Å². The fourth-order valence-electron chi connectivity index (χ4n) is 2.22. The highest BCUT2D eigenvalue weighted by atomic mass is 79.9. The monoisotopic (exact) mass is 408 g/mol. The molecule has 2 heterocycles. The summed E-state index contributed by atoms with van der Waals surface area (Å²) in [6, 6.07) is 7.61. The molecule has 0 aliphatic rings. The summed E-state index contributed by atoms with van der Waals surface area (Å²) >= 11 is 9.11. The molecule has 3 rings (SSSR count). The molecule has 7 nitrogen and oxygen atoms in total. The number of hydrogen-bond donors (Lipinski definition) is 1. The zero-order valence-electron chi connectivity index (χ0n) is 12.1. The van der Waals surface area contributed by atoms with Crippen molar-refractivity contribution >= 4 is 44.8 Å². The average molecular weight is 410 g/mol. The van der Waals surface area contributed by atoms with E-state index in [9.17, 15) is 14.9 Å². The molecule has 0 aliphatic heterocycles. The number of carbonyl (C=O) groups excluding carboxylic acids is 1. The molecular weight excluding hydrogens is 400 g/mol. The molecule has 3 aromatic rings. The lowest BCUT2D eigenvalue weighted by Crippen LogP contribution is -2.23. The lowest BCUT2D eigenvalue weighted by molar-refractivity contribution is -0.385. The van der Waals surface area contributed by atoms with Gasteiger partial charge in [0.2, 0.25) is 0 Å². The number of nitro benzene ring substituents is 1. The van der Waals surface area contributed by atoms with Crippen molar-refractivity contribution in [1.82, 2.24) is 14.7 Å². The van der Waals surface area contributed by atoms with E-state index in [1.54, 1.807) is 6.20 Å².